The first-order valence-corrected chi connectivity index (χ1v) is 6.38. The van der Waals surface area contributed by atoms with Crippen LogP contribution >= 0.6 is 0 Å². The van der Waals surface area contributed by atoms with E-state index in [9.17, 15) is 4.79 Å². The highest BCUT2D eigenvalue weighted by atomic mass is 16.5. The van der Waals surface area contributed by atoms with Gasteiger partial charge in [-0.1, -0.05) is 6.92 Å². The summed E-state index contributed by atoms with van der Waals surface area (Å²) in [5.41, 5.74) is -0.282. The monoisotopic (exact) mass is 226 g/mol. The van der Waals surface area contributed by atoms with Gasteiger partial charge in [-0.25, -0.2) is 0 Å². The predicted molar refractivity (Wildman–Crippen MR) is 62.0 cm³/mol. The second-order valence-corrected chi connectivity index (χ2v) is 4.62. The number of nitrogens with zero attached hydrogens (tertiary/aromatic N) is 2. The molecule has 0 aromatic heterocycles. The van der Waals surface area contributed by atoms with Crippen molar-refractivity contribution in [2.75, 3.05) is 32.8 Å². The van der Waals surface area contributed by atoms with Crippen LogP contribution in [0.5, 0.6) is 0 Å². The summed E-state index contributed by atoms with van der Waals surface area (Å²) in [6, 6.07) is 0. The Kier molecular flexibility index (Phi) is 3.50. The Morgan fingerprint density at radius 1 is 1.25 bits per heavy atom. The van der Waals surface area contributed by atoms with Crippen LogP contribution in [-0.4, -0.2) is 54.2 Å². The maximum Gasteiger partial charge on any atom is 0.227 e. The van der Waals surface area contributed by atoms with Crippen molar-refractivity contribution in [3.05, 3.63) is 0 Å². The number of amides is 1. The first-order chi connectivity index (χ1) is 7.72. The number of carbonyl (C=O) groups excluding carboxylic acids is 1. The molecule has 2 aliphatic heterocycles. The largest absolute Gasteiger partial charge is 0.355 e. The van der Waals surface area contributed by atoms with Gasteiger partial charge in [0.1, 0.15) is 5.72 Å². The van der Waals surface area contributed by atoms with Crippen LogP contribution in [0, 0.1) is 0 Å². The highest BCUT2D eigenvalue weighted by molar-refractivity contribution is 5.77. The molecular weight excluding hydrogens is 204 g/mol. The van der Waals surface area contributed by atoms with Crippen LogP contribution < -0.4 is 0 Å². The summed E-state index contributed by atoms with van der Waals surface area (Å²) >= 11 is 0. The summed E-state index contributed by atoms with van der Waals surface area (Å²) in [6.07, 6.45) is 2.47. The third kappa shape index (κ3) is 1.96. The number of ether oxygens (including phenoxy) is 1. The minimum Gasteiger partial charge on any atom is -0.355 e. The third-order valence-electron chi connectivity index (χ3n) is 3.88. The van der Waals surface area contributed by atoms with Gasteiger partial charge in [-0.05, 0) is 13.5 Å². The van der Waals surface area contributed by atoms with E-state index in [1.54, 1.807) is 0 Å². The molecule has 2 fully saturated rings. The normalized spacial score (nSPS) is 26.4. The highest BCUT2D eigenvalue weighted by Gasteiger charge is 2.44. The fourth-order valence-electron chi connectivity index (χ4n) is 2.87. The van der Waals surface area contributed by atoms with Gasteiger partial charge in [0.15, 0.2) is 0 Å². The summed E-state index contributed by atoms with van der Waals surface area (Å²) in [4.78, 5) is 16.2. The van der Waals surface area contributed by atoms with Crippen molar-refractivity contribution in [3.8, 4) is 0 Å². The van der Waals surface area contributed by atoms with E-state index in [4.69, 9.17) is 4.74 Å². The third-order valence-corrected chi connectivity index (χ3v) is 3.88. The number of likely N-dealkylation sites (tertiary alicyclic amines) is 1. The average molecular weight is 226 g/mol. The van der Waals surface area contributed by atoms with Crippen LogP contribution in [0.1, 0.15) is 33.1 Å². The quantitative estimate of drug-likeness (QED) is 0.706. The van der Waals surface area contributed by atoms with Crippen LogP contribution in [0.2, 0.25) is 0 Å². The lowest BCUT2D eigenvalue weighted by atomic mass is 9.96. The van der Waals surface area contributed by atoms with E-state index in [0.29, 0.717) is 13.0 Å². The van der Waals surface area contributed by atoms with Crippen LogP contribution in [0.3, 0.4) is 0 Å². The van der Waals surface area contributed by atoms with E-state index in [1.165, 1.54) is 0 Å². The average Bonchev–Trinajstić information content (AvgIpc) is 2.30. The Balaban J connectivity index is 2.08. The van der Waals surface area contributed by atoms with E-state index in [1.807, 2.05) is 11.8 Å². The van der Waals surface area contributed by atoms with E-state index in [0.717, 1.165) is 39.0 Å². The fourth-order valence-corrected chi connectivity index (χ4v) is 2.87. The number of rotatable bonds is 2. The van der Waals surface area contributed by atoms with Gasteiger partial charge in [-0.15, -0.1) is 0 Å². The molecule has 1 amide bonds. The van der Waals surface area contributed by atoms with Gasteiger partial charge in [0.2, 0.25) is 5.91 Å². The van der Waals surface area contributed by atoms with Gasteiger partial charge >= 0.3 is 0 Å². The number of hydrogen-bond donors (Lipinski definition) is 0. The molecule has 92 valence electrons. The molecule has 0 N–H and O–H groups in total. The first-order valence-electron chi connectivity index (χ1n) is 6.38. The Morgan fingerprint density at radius 2 is 1.94 bits per heavy atom. The molecule has 2 saturated heterocycles. The Hall–Kier alpha value is -0.610. The molecule has 4 nitrogen and oxygen atoms in total. The van der Waals surface area contributed by atoms with Crippen molar-refractivity contribution in [2.24, 2.45) is 0 Å². The minimum absolute atomic E-state index is 0.263. The first kappa shape index (κ1) is 11.9. The van der Waals surface area contributed by atoms with Gasteiger partial charge in [-0.3, -0.25) is 4.79 Å². The lowest BCUT2D eigenvalue weighted by Gasteiger charge is -2.50. The summed E-state index contributed by atoms with van der Waals surface area (Å²) < 4.78 is 5.95. The molecule has 0 aliphatic carbocycles. The SMILES string of the molecule is CCN1CCC2(CC1)OCCC(=O)N2CC. The molecule has 4 heteroatoms. The van der Waals surface area contributed by atoms with Crippen molar-refractivity contribution < 1.29 is 9.53 Å². The zero-order chi connectivity index (χ0) is 11.6. The van der Waals surface area contributed by atoms with Crippen molar-refractivity contribution in [2.45, 2.75) is 38.8 Å². The molecule has 0 saturated carbocycles. The maximum atomic E-state index is 11.9. The van der Waals surface area contributed by atoms with Gasteiger partial charge < -0.3 is 14.5 Å². The minimum atomic E-state index is -0.282. The summed E-state index contributed by atoms with van der Waals surface area (Å²) in [7, 11) is 0. The lowest BCUT2D eigenvalue weighted by Crippen LogP contribution is -2.61. The second kappa shape index (κ2) is 4.72. The van der Waals surface area contributed by atoms with Crippen LogP contribution in [0.15, 0.2) is 0 Å². The van der Waals surface area contributed by atoms with Crippen molar-refractivity contribution in [3.63, 3.8) is 0 Å². The smallest absolute Gasteiger partial charge is 0.227 e. The summed E-state index contributed by atoms with van der Waals surface area (Å²) in [5.74, 6) is 0.263. The van der Waals surface area contributed by atoms with Gasteiger partial charge in [0, 0.05) is 32.5 Å². The molecule has 2 heterocycles. The summed E-state index contributed by atoms with van der Waals surface area (Å²) in [5, 5.41) is 0. The molecule has 16 heavy (non-hydrogen) atoms. The van der Waals surface area contributed by atoms with Gasteiger partial charge in [0.05, 0.1) is 13.0 Å². The predicted octanol–water partition coefficient (Wildman–Crippen LogP) is 1.07. The van der Waals surface area contributed by atoms with Crippen molar-refractivity contribution >= 4 is 5.91 Å². The topological polar surface area (TPSA) is 32.8 Å². The molecule has 2 rings (SSSR count). The summed E-state index contributed by atoms with van der Waals surface area (Å²) in [6.45, 7) is 8.77. The molecule has 0 aromatic carbocycles. The second-order valence-electron chi connectivity index (χ2n) is 4.62. The molecular formula is C12H22N2O2. The zero-order valence-corrected chi connectivity index (χ0v) is 10.4. The molecule has 0 unspecified atom stereocenters. The molecule has 0 aromatic rings. The van der Waals surface area contributed by atoms with Crippen LogP contribution in [0.25, 0.3) is 0 Å². The van der Waals surface area contributed by atoms with Gasteiger partial charge in [-0.2, -0.15) is 0 Å². The Morgan fingerprint density at radius 3 is 2.50 bits per heavy atom. The van der Waals surface area contributed by atoms with Gasteiger partial charge in [0.25, 0.3) is 0 Å². The van der Waals surface area contributed by atoms with Crippen molar-refractivity contribution in [1.29, 1.82) is 0 Å². The Labute approximate surface area is 97.5 Å². The lowest BCUT2D eigenvalue weighted by molar-refractivity contribution is -0.210. The molecule has 0 radical (unpaired) electrons. The maximum absolute atomic E-state index is 11.9. The Bertz CT molecular complexity index is 260. The molecule has 2 aliphatic rings. The van der Waals surface area contributed by atoms with E-state index in [2.05, 4.69) is 11.8 Å². The molecule has 0 atom stereocenters. The molecule has 0 bridgehead atoms. The van der Waals surface area contributed by atoms with E-state index in [-0.39, 0.29) is 11.6 Å². The molecule has 1 spiro atoms. The fraction of sp³-hybridized carbons (Fsp3) is 0.917. The van der Waals surface area contributed by atoms with E-state index >= 15 is 0 Å². The number of hydrogen-bond acceptors (Lipinski definition) is 3. The number of piperidine rings is 1. The highest BCUT2D eigenvalue weighted by Crippen LogP contribution is 2.33. The van der Waals surface area contributed by atoms with Crippen molar-refractivity contribution in [1.82, 2.24) is 9.80 Å². The van der Waals surface area contributed by atoms with Crippen LogP contribution in [-0.2, 0) is 9.53 Å². The van der Waals surface area contributed by atoms with E-state index < -0.39 is 0 Å². The zero-order valence-electron chi connectivity index (χ0n) is 10.4. The number of carbonyl (C=O) groups is 1. The standard InChI is InChI=1S/C12H22N2O2/c1-3-13-8-6-12(7-9-13)14(4-2)11(15)5-10-16-12/h3-10H2,1-2H3. The van der Waals surface area contributed by atoms with Crippen LogP contribution in [0.4, 0.5) is 0 Å².